The van der Waals surface area contributed by atoms with Crippen LogP contribution in [0.15, 0.2) is 6.07 Å². The van der Waals surface area contributed by atoms with Gasteiger partial charge in [-0.2, -0.15) is 5.10 Å². The lowest BCUT2D eigenvalue weighted by Crippen LogP contribution is -2.56. The molecule has 3 rings (SSSR count). The van der Waals surface area contributed by atoms with Crippen molar-refractivity contribution >= 4 is 11.9 Å². The van der Waals surface area contributed by atoms with Gasteiger partial charge in [0.25, 0.3) is 0 Å². The highest BCUT2D eigenvalue weighted by atomic mass is 16.2. The van der Waals surface area contributed by atoms with Crippen molar-refractivity contribution in [2.24, 2.45) is 0 Å². The molecule has 1 atom stereocenters. The maximum Gasteiger partial charge on any atom is 0.317 e. The zero-order valence-corrected chi connectivity index (χ0v) is 14.2. The molecular formula is C16H25N5O2. The Bertz CT molecular complexity index is 618. The average molecular weight is 319 g/mol. The van der Waals surface area contributed by atoms with E-state index >= 15 is 0 Å². The SMILES string of the molecule is Cc1cc(C)n(C2CN(C(=O)NC3CC(=O)N(C(C)C)C3)C2)n1. The number of aromatic nitrogens is 2. The lowest BCUT2D eigenvalue weighted by molar-refractivity contribution is -0.129. The van der Waals surface area contributed by atoms with E-state index in [1.165, 1.54) is 0 Å². The molecule has 2 aliphatic rings. The van der Waals surface area contributed by atoms with Gasteiger partial charge in [-0.25, -0.2) is 4.79 Å². The Morgan fingerprint density at radius 1 is 1.30 bits per heavy atom. The number of aryl methyl sites for hydroxylation is 2. The fourth-order valence-corrected chi connectivity index (χ4v) is 3.38. The van der Waals surface area contributed by atoms with Crippen molar-refractivity contribution in [2.75, 3.05) is 19.6 Å². The lowest BCUT2D eigenvalue weighted by Gasteiger charge is -2.40. The van der Waals surface area contributed by atoms with Crippen LogP contribution in [0, 0.1) is 13.8 Å². The molecule has 1 aromatic heterocycles. The Balaban J connectivity index is 1.50. The van der Waals surface area contributed by atoms with E-state index in [4.69, 9.17) is 0 Å². The van der Waals surface area contributed by atoms with E-state index in [-0.39, 0.29) is 30.1 Å². The number of carbonyl (C=O) groups is 2. The number of nitrogens with zero attached hydrogens (tertiary/aromatic N) is 4. The number of rotatable bonds is 3. The van der Waals surface area contributed by atoms with Gasteiger partial charge in [-0.05, 0) is 33.8 Å². The molecule has 1 unspecified atom stereocenters. The summed E-state index contributed by atoms with van der Waals surface area (Å²) in [6.07, 6.45) is 0.401. The monoisotopic (exact) mass is 319 g/mol. The third kappa shape index (κ3) is 3.04. The fraction of sp³-hybridized carbons (Fsp3) is 0.688. The molecule has 3 heterocycles. The highest BCUT2D eigenvalue weighted by Crippen LogP contribution is 2.23. The molecular weight excluding hydrogens is 294 g/mol. The van der Waals surface area contributed by atoms with Crippen LogP contribution in [0.2, 0.25) is 0 Å². The van der Waals surface area contributed by atoms with E-state index < -0.39 is 0 Å². The summed E-state index contributed by atoms with van der Waals surface area (Å²) in [5.41, 5.74) is 2.13. The van der Waals surface area contributed by atoms with Crippen LogP contribution in [-0.2, 0) is 4.79 Å². The predicted molar refractivity (Wildman–Crippen MR) is 86.1 cm³/mol. The van der Waals surface area contributed by atoms with Gasteiger partial charge in [0.1, 0.15) is 0 Å². The summed E-state index contributed by atoms with van der Waals surface area (Å²) < 4.78 is 2.00. The third-order valence-electron chi connectivity index (χ3n) is 4.65. The molecule has 0 saturated carbocycles. The van der Waals surface area contributed by atoms with E-state index in [1.54, 1.807) is 4.90 Å². The first-order valence-corrected chi connectivity index (χ1v) is 8.23. The first-order valence-electron chi connectivity index (χ1n) is 8.23. The molecule has 0 aliphatic carbocycles. The van der Waals surface area contributed by atoms with Crippen molar-refractivity contribution in [1.82, 2.24) is 24.9 Å². The Morgan fingerprint density at radius 3 is 2.52 bits per heavy atom. The number of hydrogen-bond acceptors (Lipinski definition) is 3. The maximum absolute atomic E-state index is 12.3. The van der Waals surface area contributed by atoms with Crippen LogP contribution in [-0.4, -0.2) is 63.2 Å². The average Bonchev–Trinajstić information content (AvgIpc) is 2.91. The van der Waals surface area contributed by atoms with E-state index in [1.807, 2.05) is 43.3 Å². The van der Waals surface area contributed by atoms with Crippen molar-refractivity contribution < 1.29 is 9.59 Å². The number of urea groups is 1. The van der Waals surface area contributed by atoms with Gasteiger partial charge < -0.3 is 15.1 Å². The van der Waals surface area contributed by atoms with Crippen LogP contribution in [0.1, 0.15) is 37.7 Å². The summed E-state index contributed by atoms with van der Waals surface area (Å²) >= 11 is 0. The minimum atomic E-state index is -0.0786. The second-order valence-corrected chi connectivity index (χ2v) is 6.92. The van der Waals surface area contributed by atoms with Crippen LogP contribution < -0.4 is 5.32 Å². The highest BCUT2D eigenvalue weighted by Gasteiger charge is 2.37. The standard InChI is InChI=1S/C16H25N5O2/c1-10(2)20-7-13(6-15(20)22)17-16(23)19-8-14(9-19)21-12(4)5-11(3)18-21/h5,10,13-14H,6-9H2,1-4H3,(H,17,23). The molecule has 23 heavy (non-hydrogen) atoms. The molecule has 3 amide bonds. The van der Waals surface area contributed by atoms with Gasteiger partial charge in [0.05, 0.1) is 17.8 Å². The minimum Gasteiger partial charge on any atom is -0.338 e. The van der Waals surface area contributed by atoms with Gasteiger partial charge in [-0.15, -0.1) is 0 Å². The molecule has 0 spiro atoms. The normalized spacial score (nSPS) is 22.0. The van der Waals surface area contributed by atoms with Gasteiger partial charge in [0, 0.05) is 37.8 Å². The van der Waals surface area contributed by atoms with E-state index in [2.05, 4.69) is 10.4 Å². The zero-order chi connectivity index (χ0) is 16.7. The van der Waals surface area contributed by atoms with E-state index in [9.17, 15) is 9.59 Å². The Morgan fingerprint density at radius 2 is 2.00 bits per heavy atom. The molecule has 2 fully saturated rings. The smallest absolute Gasteiger partial charge is 0.317 e. The van der Waals surface area contributed by atoms with Crippen LogP contribution in [0.3, 0.4) is 0 Å². The number of nitrogens with one attached hydrogen (secondary N) is 1. The van der Waals surface area contributed by atoms with Gasteiger partial charge in [-0.1, -0.05) is 0 Å². The van der Waals surface area contributed by atoms with Crippen LogP contribution in [0.25, 0.3) is 0 Å². The molecule has 1 N–H and O–H groups in total. The van der Waals surface area contributed by atoms with Crippen LogP contribution in [0.5, 0.6) is 0 Å². The first-order chi connectivity index (χ1) is 10.8. The van der Waals surface area contributed by atoms with Crippen molar-refractivity contribution in [2.45, 2.75) is 52.2 Å². The summed E-state index contributed by atoms with van der Waals surface area (Å²) in [4.78, 5) is 27.8. The zero-order valence-electron chi connectivity index (χ0n) is 14.2. The summed E-state index contributed by atoms with van der Waals surface area (Å²) in [5, 5.41) is 7.46. The van der Waals surface area contributed by atoms with Gasteiger partial charge in [0.15, 0.2) is 0 Å². The second-order valence-electron chi connectivity index (χ2n) is 6.92. The predicted octanol–water partition coefficient (Wildman–Crippen LogP) is 1.08. The third-order valence-corrected chi connectivity index (χ3v) is 4.65. The maximum atomic E-state index is 12.3. The van der Waals surface area contributed by atoms with Crippen molar-refractivity contribution in [3.8, 4) is 0 Å². The van der Waals surface area contributed by atoms with Crippen molar-refractivity contribution in [3.63, 3.8) is 0 Å². The van der Waals surface area contributed by atoms with Gasteiger partial charge >= 0.3 is 6.03 Å². The summed E-state index contributed by atoms with van der Waals surface area (Å²) in [6, 6.07) is 2.33. The topological polar surface area (TPSA) is 70.5 Å². The number of amides is 3. The molecule has 0 bridgehead atoms. The molecule has 2 saturated heterocycles. The van der Waals surface area contributed by atoms with Crippen LogP contribution >= 0.6 is 0 Å². The Hall–Kier alpha value is -2.05. The van der Waals surface area contributed by atoms with E-state index in [0.717, 1.165) is 11.4 Å². The van der Waals surface area contributed by atoms with Gasteiger partial charge in [-0.3, -0.25) is 9.48 Å². The summed E-state index contributed by atoms with van der Waals surface area (Å²) in [7, 11) is 0. The molecule has 2 aliphatic heterocycles. The summed E-state index contributed by atoms with van der Waals surface area (Å²) in [5.74, 6) is 0.120. The van der Waals surface area contributed by atoms with Crippen LogP contribution in [0.4, 0.5) is 4.79 Å². The quantitative estimate of drug-likeness (QED) is 0.906. The molecule has 126 valence electrons. The van der Waals surface area contributed by atoms with Crippen molar-refractivity contribution in [3.05, 3.63) is 17.5 Å². The first kappa shape index (κ1) is 15.8. The second kappa shape index (κ2) is 5.86. The van der Waals surface area contributed by atoms with Gasteiger partial charge in [0.2, 0.25) is 5.91 Å². The van der Waals surface area contributed by atoms with E-state index in [0.29, 0.717) is 26.1 Å². The highest BCUT2D eigenvalue weighted by molar-refractivity contribution is 5.82. The molecule has 0 aromatic carbocycles. The largest absolute Gasteiger partial charge is 0.338 e. The Labute approximate surface area is 136 Å². The molecule has 1 aromatic rings. The molecule has 7 nitrogen and oxygen atoms in total. The minimum absolute atomic E-state index is 0.0776. The number of carbonyl (C=O) groups excluding carboxylic acids is 2. The summed E-state index contributed by atoms with van der Waals surface area (Å²) in [6.45, 7) is 9.95. The number of hydrogen-bond donors (Lipinski definition) is 1. The Kier molecular flexibility index (Phi) is 4.04. The lowest BCUT2D eigenvalue weighted by atomic mass is 10.1. The molecule has 7 heteroatoms. The number of likely N-dealkylation sites (tertiary alicyclic amines) is 2. The van der Waals surface area contributed by atoms with Crippen molar-refractivity contribution in [1.29, 1.82) is 0 Å². The molecule has 0 radical (unpaired) electrons. The fourth-order valence-electron chi connectivity index (χ4n) is 3.38.